The van der Waals surface area contributed by atoms with Crippen molar-refractivity contribution < 1.29 is 24.2 Å². The van der Waals surface area contributed by atoms with Crippen LogP contribution in [0.15, 0.2) is 85.1 Å². The Morgan fingerprint density at radius 1 is 0.293 bits per heavy atom. The molecule has 0 aliphatic carbocycles. The number of rotatable bonds is 67. The van der Waals surface area contributed by atoms with Gasteiger partial charge in [-0.3, -0.25) is 9.59 Å². The van der Waals surface area contributed by atoms with Gasteiger partial charge in [0.05, 0.1) is 6.61 Å². The van der Waals surface area contributed by atoms with Crippen molar-refractivity contribution in [3.8, 4) is 0 Å². The van der Waals surface area contributed by atoms with Gasteiger partial charge < -0.3 is 14.6 Å². The standard InChI is InChI=1S/C77H138O5/c1-3-5-7-9-11-13-15-17-19-21-23-25-27-29-31-33-34-35-36-37-38-39-40-41-42-44-46-48-50-52-54-56-58-60-62-64-66-68-70-72-77(80)82-75(73-78)74-81-76(79)71-69-67-65-63-61-59-57-55-53-51-49-47-45-43-32-30-28-26-24-22-20-18-16-14-12-10-8-6-4-2/h5,7,11,13,17,19,22-25,29,31,34-35,75,78H,3-4,6,8-10,12,14-16,18,20-21,26-28,30,32-33,36-74H2,1-2H3/b7-5-,13-11-,19-17-,24-22-,25-23-,31-29-,35-34-. The molecule has 0 aliphatic heterocycles. The molecular weight excluding hydrogens is 1000 g/mol. The lowest BCUT2D eigenvalue weighted by Crippen LogP contribution is -2.28. The topological polar surface area (TPSA) is 72.8 Å². The van der Waals surface area contributed by atoms with Crippen LogP contribution in [-0.2, 0) is 19.1 Å². The van der Waals surface area contributed by atoms with Crippen molar-refractivity contribution in [2.24, 2.45) is 0 Å². The molecule has 1 atom stereocenters. The van der Waals surface area contributed by atoms with Gasteiger partial charge in [0, 0.05) is 12.8 Å². The third-order valence-corrected chi connectivity index (χ3v) is 16.2. The van der Waals surface area contributed by atoms with E-state index in [9.17, 15) is 14.7 Å². The highest BCUT2D eigenvalue weighted by Gasteiger charge is 2.16. The molecule has 476 valence electrons. The highest BCUT2D eigenvalue weighted by molar-refractivity contribution is 5.70. The molecule has 0 aromatic rings. The Labute approximate surface area is 511 Å². The molecule has 5 nitrogen and oxygen atoms in total. The SMILES string of the molecule is CC/C=C\C/C=C\C/C=C\C/C=C\C/C=C\C/C=C\CCCCCCCCCCCCCCCCCCCCCCC(=O)OC(CO)COC(=O)CCCCCCCCCCCCCCCCCCC/C=C\CCCCCCCCCC. The monoisotopic (exact) mass is 1140 g/mol. The van der Waals surface area contributed by atoms with Crippen LogP contribution in [0, 0.1) is 0 Å². The Morgan fingerprint density at radius 2 is 0.524 bits per heavy atom. The summed E-state index contributed by atoms with van der Waals surface area (Å²) in [4.78, 5) is 24.7. The molecule has 0 saturated heterocycles. The van der Waals surface area contributed by atoms with Crippen molar-refractivity contribution in [2.45, 2.75) is 380 Å². The normalized spacial score (nSPS) is 12.7. The minimum absolute atomic E-state index is 0.0622. The number of hydrogen-bond donors (Lipinski definition) is 1. The molecule has 0 saturated carbocycles. The molecule has 1 unspecified atom stereocenters. The summed E-state index contributed by atoms with van der Waals surface area (Å²) >= 11 is 0. The maximum atomic E-state index is 12.4. The molecular formula is C77H138O5. The van der Waals surface area contributed by atoms with E-state index in [1.807, 2.05) is 0 Å². The number of esters is 2. The molecule has 0 heterocycles. The molecule has 0 rings (SSSR count). The van der Waals surface area contributed by atoms with Crippen molar-refractivity contribution in [1.29, 1.82) is 0 Å². The van der Waals surface area contributed by atoms with E-state index in [-0.39, 0.29) is 25.2 Å². The van der Waals surface area contributed by atoms with Gasteiger partial charge in [-0.25, -0.2) is 0 Å². The fourth-order valence-electron chi connectivity index (χ4n) is 10.8. The molecule has 0 aromatic heterocycles. The number of aliphatic hydroxyl groups excluding tert-OH is 1. The van der Waals surface area contributed by atoms with Gasteiger partial charge in [-0.1, -0.05) is 356 Å². The zero-order valence-corrected chi connectivity index (χ0v) is 54.8. The minimum Gasteiger partial charge on any atom is -0.462 e. The van der Waals surface area contributed by atoms with E-state index in [2.05, 4.69) is 98.9 Å². The zero-order chi connectivity index (χ0) is 59.1. The van der Waals surface area contributed by atoms with Gasteiger partial charge in [-0.15, -0.1) is 0 Å². The predicted molar refractivity (Wildman–Crippen MR) is 362 cm³/mol. The van der Waals surface area contributed by atoms with Crippen molar-refractivity contribution >= 4 is 11.9 Å². The number of unbranched alkanes of at least 4 members (excludes halogenated alkanes) is 45. The van der Waals surface area contributed by atoms with E-state index in [1.54, 1.807) is 0 Å². The first-order valence-electron chi connectivity index (χ1n) is 36.1. The summed E-state index contributed by atoms with van der Waals surface area (Å²) < 4.78 is 10.8. The summed E-state index contributed by atoms with van der Waals surface area (Å²) in [5.41, 5.74) is 0. The summed E-state index contributed by atoms with van der Waals surface area (Å²) in [5.74, 6) is -0.571. The van der Waals surface area contributed by atoms with Crippen LogP contribution in [0.3, 0.4) is 0 Å². The number of hydrogen-bond acceptors (Lipinski definition) is 5. The Bertz CT molecular complexity index is 1480. The van der Waals surface area contributed by atoms with Crippen molar-refractivity contribution in [3.63, 3.8) is 0 Å². The maximum Gasteiger partial charge on any atom is 0.306 e. The molecule has 0 radical (unpaired) electrons. The van der Waals surface area contributed by atoms with Crippen LogP contribution in [0.2, 0.25) is 0 Å². The number of aliphatic hydroxyl groups is 1. The highest BCUT2D eigenvalue weighted by Crippen LogP contribution is 2.18. The highest BCUT2D eigenvalue weighted by atomic mass is 16.6. The summed E-state index contributed by atoms with van der Waals surface area (Å²) in [6, 6.07) is 0. The second kappa shape index (κ2) is 72.3. The van der Waals surface area contributed by atoms with Crippen LogP contribution in [0.5, 0.6) is 0 Å². The third-order valence-electron chi connectivity index (χ3n) is 16.2. The van der Waals surface area contributed by atoms with Gasteiger partial charge in [0.1, 0.15) is 6.61 Å². The van der Waals surface area contributed by atoms with Crippen LogP contribution >= 0.6 is 0 Å². The van der Waals surface area contributed by atoms with Gasteiger partial charge in [0.2, 0.25) is 0 Å². The summed E-state index contributed by atoms with van der Waals surface area (Å²) in [5, 5.41) is 9.71. The van der Waals surface area contributed by atoms with Crippen LogP contribution in [0.4, 0.5) is 0 Å². The minimum atomic E-state index is -0.773. The summed E-state index contributed by atoms with van der Waals surface area (Å²) in [6.07, 6.45) is 102. The van der Waals surface area contributed by atoms with Crippen molar-refractivity contribution in [2.75, 3.05) is 13.2 Å². The molecule has 0 fully saturated rings. The molecule has 5 heteroatoms. The number of carbonyl (C=O) groups excluding carboxylic acids is 2. The second-order valence-electron chi connectivity index (χ2n) is 24.3. The quantitative estimate of drug-likeness (QED) is 0.0373. The molecule has 0 spiro atoms. The van der Waals surface area contributed by atoms with Crippen LogP contribution < -0.4 is 0 Å². The van der Waals surface area contributed by atoms with E-state index < -0.39 is 6.10 Å². The van der Waals surface area contributed by atoms with E-state index in [1.165, 1.54) is 270 Å². The largest absolute Gasteiger partial charge is 0.462 e. The Kier molecular flexibility index (Phi) is 69.8. The lowest BCUT2D eigenvalue weighted by atomic mass is 10.0. The maximum absolute atomic E-state index is 12.4. The Morgan fingerprint density at radius 3 is 0.805 bits per heavy atom. The van der Waals surface area contributed by atoms with E-state index >= 15 is 0 Å². The first-order chi connectivity index (χ1) is 40.6. The molecule has 0 amide bonds. The molecule has 82 heavy (non-hydrogen) atoms. The number of allylic oxidation sites excluding steroid dienone is 14. The average Bonchev–Trinajstić information content (AvgIpc) is 3.49. The Balaban J connectivity index is 3.42. The molecule has 0 aromatic carbocycles. The van der Waals surface area contributed by atoms with Gasteiger partial charge >= 0.3 is 11.9 Å². The average molecular weight is 1140 g/mol. The number of carbonyl (C=O) groups is 2. The second-order valence-corrected chi connectivity index (χ2v) is 24.3. The van der Waals surface area contributed by atoms with Crippen molar-refractivity contribution in [3.05, 3.63) is 85.1 Å². The lowest BCUT2D eigenvalue weighted by Gasteiger charge is -2.15. The van der Waals surface area contributed by atoms with E-state index in [0.717, 1.165) is 77.0 Å². The fraction of sp³-hybridized carbons (Fsp3) is 0.792. The number of ether oxygens (including phenoxy) is 2. The summed E-state index contributed by atoms with van der Waals surface area (Å²) in [6.45, 7) is 4.07. The van der Waals surface area contributed by atoms with Crippen molar-refractivity contribution in [1.82, 2.24) is 0 Å². The van der Waals surface area contributed by atoms with Crippen LogP contribution in [0.25, 0.3) is 0 Å². The van der Waals surface area contributed by atoms with Gasteiger partial charge in [-0.2, -0.15) is 0 Å². The Hall–Kier alpha value is -2.92. The molecule has 0 aliphatic rings. The molecule has 1 N–H and O–H groups in total. The van der Waals surface area contributed by atoms with E-state index in [4.69, 9.17) is 9.47 Å². The third kappa shape index (κ3) is 69.6. The smallest absolute Gasteiger partial charge is 0.306 e. The van der Waals surface area contributed by atoms with Crippen LogP contribution in [-0.4, -0.2) is 36.4 Å². The zero-order valence-electron chi connectivity index (χ0n) is 54.8. The molecule has 0 bridgehead atoms. The fourth-order valence-corrected chi connectivity index (χ4v) is 10.8. The van der Waals surface area contributed by atoms with Gasteiger partial charge in [-0.05, 0) is 89.9 Å². The van der Waals surface area contributed by atoms with E-state index in [0.29, 0.717) is 12.8 Å². The van der Waals surface area contributed by atoms with Gasteiger partial charge in [0.15, 0.2) is 6.10 Å². The first-order valence-corrected chi connectivity index (χ1v) is 36.1. The first kappa shape index (κ1) is 79.1. The predicted octanol–water partition coefficient (Wildman–Crippen LogP) is 25.2. The summed E-state index contributed by atoms with van der Waals surface area (Å²) in [7, 11) is 0. The lowest BCUT2D eigenvalue weighted by molar-refractivity contribution is -0.161. The van der Waals surface area contributed by atoms with Gasteiger partial charge in [0.25, 0.3) is 0 Å². The van der Waals surface area contributed by atoms with Crippen LogP contribution in [0.1, 0.15) is 373 Å².